The van der Waals surface area contributed by atoms with Crippen LogP contribution >= 0.6 is 0 Å². The highest BCUT2D eigenvalue weighted by atomic mass is 16.4. The van der Waals surface area contributed by atoms with Crippen molar-refractivity contribution < 1.29 is 9.90 Å². The van der Waals surface area contributed by atoms with E-state index in [1.54, 1.807) is 4.68 Å². The molecule has 132 valence electrons. The molecule has 4 rings (SSSR count). The average molecular weight is 352 g/mol. The quantitative estimate of drug-likeness (QED) is 0.638. The van der Waals surface area contributed by atoms with Crippen LogP contribution in [0.4, 0.5) is 23.1 Å². The van der Waals surface area contributed by atoms with Crippen molar-refractivity contribution in [2.24, 2.45) is 0 Å². The maximum absolute atomic E-state index is 11.4. The monoisotopic (exact) mass is 352 g/mol. The number of aryl methyl sites for hydroxylation is 1. The maximum atomic E-state index is 11.4. The minimum atomic E-state index is -1.14. The molecule has 0 saturated heterocycles. The van der Waals surface area contributed by atoms with E-state index < -0.39 is 5.97 Å². The fourth-order valence-corrected chi connectivity index (χ4v) is 3.02. The number of nitrogen functional groups attached to an aromatic ring is 1. The molecule has 0 spiro atoms. The SMILES string of the molecule is Cc1nc2n(n1)-c1cccc(Nc3nc(N)ncc3C(=O)O)c1N(C)C2. The summed E-state index contributed by atoms with van der Waals surface area (Å²) in [6, 6.07) is 5.63. The number of carbonyl (C=O) groups is 1. The number of aromatic nitrogens is 5. The molecule has 2 aromatic heterocycles. The van der Waals surface area contributed by atoms with E-state index in [9.17, 15) is 9.90 Å². The lowest BCUT2D eigenvalue weighted by Gasteiger charge is -2.29. The van der Waals surface area contributed by atoms with Crippen LogP contribution in [0.1, 0.15) is 22.0 Å². The molecular weight excluding hydrogens is 336 g/mol. The second kappa shape index (κ2) is 5.69. The van der Waals surface area contributed by atoms with Crippen molar-refractivity contribution in [2.75, 3.05) is 23.0 Å². The fourth-order valence-electron chi connectivity index (χ4n) is 3.02. The largest absolute Gasteiger partial charge is 0.477 e. The number of nitrogens with two attached hydrogens (primary N) is 1. The second-order valence-corrected chi connectivity index (χ2v) is 5.94. The Hall–Kier alpha value is -3.69. The molecule has 0 unspecified atom stereocenters. The van der Waals surface area contributed by atoms with E-state index in [0.29, 0.717) is 18.1 Å². The average Bonchev–Trinajstić information content (AvgIpc) is 2.95. The molecule has 0 radical (unpaired) electrons. The number of aromatic carboxylic acids is 1. The highest BCUT2D eigenvalue weighted by Gasteiger charge is 2.25. The third-order valence-electron chi connectivity index (χ3n) is 4.07. The van der Waals surface area contributed by atoms with Gasteiger partial charge in [0.2, 0.25) is 5.95 Å². The highest BCUT2D eigenvalue weighted by Crippen LogP contribution is 2.38. The molecule has 26 heavy (non-hydrogen) atoms. The minimum Gasteiger partial charge on any atom is -0.477 e. The Morgan fingerprint density at radius 3 is 2.92 bits per heavy atom. The summed E-state index contributed by atoms with van der Waals surface area (Å²) in [5, 5.41) is 16.9. The van der Waals surface area contributed by atoms with Gasteiger partial charge in [0, 0.05) is 13.2 Å². The molecule has 1 aromatic carbocycles. The summed E-state index contributed by atoms with van der Waals surface area (Å²) in [7, 11) is 1.93. The fraction of sp³-hybridized carbons (Fsp3) is 0.188. The van der Waals surface area contributed by atoms with Crippen LogP contribution in [-0.4, -0.2) is 42.9 Å². The van der Waals surface area contributed by atoms with Crippen LogP contribution in [0.15, 0.2) is 24.4 Å². The third kappa shape index (κ3) is 2.48. The Kier molecular flexibility index (Phi) is 3.46. The molecule has 10 nitrogen and oxygen atoms in total. The first-order chi connectivity index (χ1) is 12.4. The standard InChI is InChI=1S/C16H16N8O2/c1-8-19-12-7-23(2)13-10(4-3-5-11(13)24(12)22-8)20-14-9(15(25)26)6-18-16(17)21-14/h3-6H,7H2,1-2H3,(H,25,26)(H3,17,18,20,21). The van der Waals surface area contributed by atoms with Gasteiger partial charge in [-0.05, 0) is 19.1 Å². The van der Waals surface area contributed by atoms with Gasteiger partial charge in [0.1, 0.15) is 11.4 Å². The van der Waals surface area contributed by atoms with Gasteiger partial charge in [0.15, 0.2) is 11.6 Å². The number of benzene rings is 1. The molecule has 0 saturated carbocycles. The van der Waals surface area contributed by atoms with Crippen LogP contribution in [0.2, 0.25) is 0 Å². The molecule has 10 heteroatoms. The van der Waals surface area contributed by atoms with Crippen molar-refractivity contribution in [3.05, 3.63) is 41.6 Å². The number of hydrogen-bond donors (Lipinski definition) is 3. The number of para-hydroxylation sites is 1. The Morgan fingerprint density at radius 1 is 1.35 bits per heavy atom. The molecule has 3 aromatic rings. The predicted molar refractivity (Wildman–Crippen MR) is 94.9 cm³/mol. The van der Waals surface area contributed by atoms with Crippen molar-refractivity contribution in [1.82, 2.24) is 24.7 Å². The van der Waals surface area contributed by atoms with E-state index in [4.69, 9.17) is 5.73 Å². The molecule has 0 aliphatic carbocycles. The Morgan fingerprint density at radius 2 is 2.15 bits per heavy atom. The van der Waals surface area contributed by atoms with E-state index in [1.807, 2.05) is 37.1 Å². The number of rotatable bonds is 3. The molecular formula is C16H16N8O2. The van der Waals surface area contributed by atoms with Gasteiger partial charge in [0.25, 0.3) is 0 Å². The number of nitrogens with one attached hydrogen (secondary N) is 1. The van der Waals surface area contributed by atoms with Crippen LogP contribution in [0.5, 0.6) is 0 Å². The molecule has 4 N–H and O–H groups in total. The van der Waals surface area contributed by atoms with Gasteiger partial charge in [0.05, 0.1) is 23.6 Å². The first-order valence-electron chi connectivity index (χ1n) is 7.84. The number of hydrogen-bond acceptors (Lipinski definition) is 8. The Bertz CT molecular complexity index is 1030. The first kappa shape index (κ1) is 15.8. The van der Waals surface area contributed by atoms with Crippen molar-refractivity contribution >= 4 is 29.1 Å². The topological polar surface area (TPSA) is 135 Å². The van der Waals surface area contributed by atoms with Crippen molar-refractivity contribution in [1.29, 1.82) is 0 Å². The summed E-state index contributed by atoms with van der Waals surface area (Å²) >= 11 is 0. The van der Waals surface area contributed by atoms with Gasteiger partial charge in [-0.2, -0.15) is 10.1 Å². The minimum absolute atomic E-state index is 0.00941. The van der Waals surface area contributed by atoms with Crippen LogP contribution in [0, 0.1) is 6.92 Å². The molecule has 0 atom stereocenters. The Balaban J connectivity index is 1.84. The summed E-state index contributed by atoms with van der Waals surface area (Å²) < 4.78 is 1.79. The Labute approximate surface area is 148 Å². The van der Waals surface area contributed by atoms with E-state index >= 15 is 0 Å². The smallest absolute Gasteiger partial charge is 0.341 e. The van der Waals surface area contributed by atoms with E-state index in [1.165, 1.54) is 6.20 Å². The molecule has 0 amide bonds. The van der Waals surface area contributed by atoms with E-state index in [-0.39, 0.29) is 17.3 Å². The zero-order valence-electron chi connectivity index (χ0n) is 14.1. The van der Waals surface area contributed by atoms with Gasteiger partial charge in [-0.3, -0.25) is 0 Å². The number of fused-ring (bicyclic) bond motifs is 3. The number of carboxylic acids is 1. The van der Waals surface area contributed by atoms with E-state index in [2.05, 4.69) is 25.4 Å². The molecule has 3 heterocycles. The molecule has 1 aliphatic heterocycles. The summed E-state index contributed by atoms with van der Waals surface area (Å²) in [6.07, 6.45) is 1.19. The molecule has 1 aliphatic rings. The molecule has 0 bridgehead atoms. The van der Waals surface area contributed by atoms with Crippen LogP contribution in [0.25, 0.3) is 5.69 Å². The van der Waals surface area contributed by atoms with Crippen molar-refractivity contribution in [3.63, 3.8) is 0 Å². The van der Waals surface area contributed by atoms with Gasteiger partial charge in [-0.25, -0.2) is 19.4 Å². The van der Waals surface area contributed by atoms with Crippen molar-refractivity contribution in [3.8, 4) is 5.69 Å². The van der Waals surface area contributed by atoms with Gasteiger partial charge in [-0.1, -0.05) is 6.07 Å². The first-order valence-corrected chi connectivity index (χ1v) is 7.84. The summed E-state index contributed by atoms with van der Waals surface area (Å²) in [5.74, 6) is 0.514. The normalized spacial score (nSPS) is 12.5. The second-order valence-electron chi connectivity index (χ2n) is 5.94. The van der Waals surface area contributed by atoms with Crippen LogP contribution in [0.3, 0.4) is 0 Å². The predicted octanol–water partition coefficient (Wildman–Crippen LogP) is 1.34. The summed E-state index contributed by atoms with van der Waals surface area (Å²) in [4.78, 5) is 25.7. The van der Waals surface area contributed by atoms with Gasteiger partial charge >= 0.3 is 5.97 Å². The van der Waals surface area contributed by atoms with Crippen LogP contribution < -0.4 is 16.0 Å². The van der Waals surface area contributed by atoms with Gasteiger partial charge in [-0.15, -0.1) is 0 Å². The van der Waals surface area contributed by atoms with Gasteiger partial charge < -0.3 is 21.1 Å². The lowest BCUT2D eigenvalue weighted by atomic mass is 10.1. The maximum Gasteiger partial charge on any atom is 0.341 e. The summed E-state index contributed by atoms with van der Waals surface area (Å²) in [6.45, 7) is 2.42. The van der Waals surface area contributed by atoms with Crippen molar-refractivity contribution in [2.45, 2.75) is 13.5 Å². The summed E-state index contributed by atoms with van der Waals surface area (Å²) in [5.41, 5.74) is 7.95. The lowest BCUT2D eigenvalue weighted by molar-refractivity contribution is 0.0697. The molecule has 0 fully saturated rings. The number of anilines is 4. The third-order valence-corrected chi connectivity index (χ3v) is 4.07. The van der Waals surface area contributed by atoms with Crippen LogP contribution in [-0.2, 0) is 6.54 Å². The van der Waals surface area contributed by atoms with E-state index in [0.717, 1.165) is 17.2 Å². The number of nitrogens with zero attached hydrogens (tertiary/aromatic N) is 6. The number of carboxylic acid groups (broad SMARTS) is 1. The zero-order chi connectivity index (χ0) is 18.4. The lowest BCUT2D eigenvalue weighted by Crippen LogP contribution is -2.27. The zero-order valence-corrected chi connectivity index (χ0v) is 14.1. The highest BCUT2D eigenvalue weighted by molar-refractivity contribution is 5.95.